The number of hydrogen-bond acceptors (Lipinski definition) is 2. The summed E-state index contributed by atoms with van der Waals surface area (Å²) in [7, 11) is 0. The van der Waals surface area contributed by atoms with Crippen LogP contribution in [0.15, 0.2) is 0 Å². The van der Waals surface area contributed by atoms with Gasteiger partial charge in [-0.2, -0.15) is 0 Å². The van der Waals surface area contributed by atoms with E-state index in [0.29, 0.717) is 18.2 Å². The Labute approximate surface area is 98.2 Å². The third-order valence-electron chi connectivity index (χ3n) is 5.15. The van der Waals surface area contributed by atoms with Crippen LogP contribution in [0.2, 0.25) is 0 Å². The van der Waals surface area contributed by atoms with Gasteiger partial charge < -0.3 is 5.32 Å². The van der Waals surface area contributed by atoms with Gasteiger partial charge in [0.1, 0.15) is 5.78 Å². The van der Waals surface area contributed by atoms with E-state index in [1.807, 2.05) is 0 Å². The summed E-state index contributed by atoms with van der Waals surface area (Å²) in [5.74, 6) is 4.39. The van der Waals surface area contributed by atoms with Gasteiger partial charge >= 0.3 is 0 Å². The molecule has 0 amide bonds. The Bertz CT molecular complexity index is 258. The van der Waals surface area contributed by atoms with Gasteiger partial charge in [0.15, 0.2) is 0 Å². The average Bonchev–Trinajstić information content (AvgIpc) is 2.24. The quantitative estimate of drug-likeness (QED) is 0.789. The van der Waals surface area contributed by atoms with Crippen molar-refractivity contribution in [3.05, 3.63) is 0 Å². The third kappa shape index (κ3) is 1.71. The van der Waals surface area contributed by atoms with E-state index in [1.165, 1.54) is 32.1 Å². The molecule has 4 aliphatic rings. The molecule has 0 aliphatic heterocycles. The summed E-state index contributed by atoms with van der Waals surface area (Å²) >= 11 is 0. The lowest BCUT2D eigenvalue weighted by Gasteiger charge is -2.53. The second kappa shape index (κ2) is 4.14. The second-order valence-corrected chi connectivity index (χ2v) is 6.20. The van der Waals surface area contributed by atoms with Crippen LogP contribution in [-0.2, 0) is 4.79 Å². The zero-order chi connectivity index (χ0) is 11.1. The lowest BCUT2D eigenvalue weighted by atomic mass is 9.51. The minimum Gasteiger partial charge on any atom is -0.310 e. The zero-order valence-electron chi connectivity index (χ0n) is 10.2. The Balaban J connectivity index is 1.69. The van der Waals surface area contributed by atoms with Gasteiger partial charge in [0.25, 0.3) is 0 Å². The van der Waals surface area contributed by atoms with E-state index < -0.39 is 0 Å². The molecule has 2 heteroatoms. The maximum absolute atomic E-state index is 12.2. The molecule has 1 N–H and O–H groups in total. The average molecular weight is 221 g/mol. The first-order valence-corrected chi connectivity index (χ1v) is 7.01. The van der Waals surface area contributed by atoms with E-state index in [-0.39, 0.29) is 0 Å². The van der Waals surface area contributed by atoms with Crippen molar-refractivity contribution in [1.29, 1.82) is 0 Å². The number of Topliss-reactive ketones (excluding diaryl/α,β-unsaturated/α-hetero) is 1. The normalized spacial score (nSPS) is 44.9. The molecule has 4 fully saturated rings. The summed E-state index contributed by atoms with van der Waals surface area (Å²) in [6.07, 6.45) is 6.90. The van der Waals surface area contributed by atoms with Crippen LogP contribution in [0.3, 0.4) is 0 Å². The van der Waals surface area contributed by atoms with Crippen LogP contribution in [-0.4, -0.2) is 18.9 Å². The molecule has 0 aromatic carbocycles. The fourth-order valence-corrected chi connectivity index (χ4v) is 4.82. The van der Waals surface area contributed by atoms with E-state index in [1.54, 1.807) is 0 Å². The summed E-state index contributed by atoms with van der Waals surface area (Å²) in [5, 5.41) is 3.21. The van der Waals surface area contributed by atoms with Crippen molar-refractivity contribution < 1.29 is 4.79 Å². The van der Waals surface area contributed by atoms with Crippen molar-refractivity contribution in [2.75, 3.05) is 13.1 Å². The molecular formula is C14H23NO. The lowest BCUT2D eigenvalue weighted by Crippen LogP contribution is -2.49. The van der Waals surface area contributed by atoms with Crippen LogP contribution in [0.25, 0.3) is 0 Å². The molecule has 2 nitrogen and oxygen atoms in total. The highest BCUT2D eigenvalue weighted by Crippen LogP contribution is 2.56. The molecule has 0 radical (unpaired) electrons. The van der Waals surface area contributed by atoms with Crippen molar-refractivity contribution in [1.82, 2.24) is 5.32 Å². The molecule has 0 atom stereocenters. The first-order chi connectivity index (χ1) is 7.78. The van der Waals surface area contributed by atoms with Gasteiger partial charge in [-0.1, -0.05) is 6.92 Å². The Morgan fingerprint density at radius 1 is 1.06 bits per heavy atom. The molecular weight excluding hydrogens is 198 g/mol. The Morgan fingerprint density at radius 2 is 1.62 bits per heavy atom. The van der Waals surface area contributed by atoms with Gasteiger partial charge in [-0.3, -0.25) is 4.79 Å². The fourth-order valence-electron chi connectivity index (χ4n) is 4.82. The van der Waals surface area contributed by atoms with Gasteiger partial charge in [0.05, 0.1) is 6.54 Å². The predicted molar refractivity (Wildman–Crippen MR) is 64.1 cm³/mol. The Kier molecular flexibility index (Phi) is 2.78. The minimum absolute atomic E-state index is 0.423. The maximum atomic E-state index is 12.2. The van der Waals surface area contributed by atoms with Gasteiger partial charge in [0.2, 0.25) is 0 Å². The molecule has 4 saturated carbocycles. The summed E-state index contributed by atoms with van der Waals surface area (Å²) in [4.78, 5) is 12.2. The summed E-state index contributed by atoms with van der Waals surface area (Å²) in [5.41, 5.74) is 0. The zero-order valence-corrected chi connectivity index (χ0v) is 10.2. The van der Waals surface area contributed by atoms with E-state index in [0.717, 1.165) is 30.2 Å². The van der Waals surface area contributed by atoms with Crippen molar-refractivity contribution in [2.45, 2.75) is 39.0 Å². The highest BCUT2D eigenvalue weighted by atomic mass is 16.1. The van der Waals surface area contributed by atoms with E-state index in [9.17, 15) is 4.79 Å². The van der Waals surface area contributed by atoms with Gasteiger partial charge in [-0.25, -0.2) is 0 Å². The summed E-state index contributed by atoms with van der Waals surface area (Å²) in [6, 6.07) is 0. The number of carbonyl (C=O) groups excluding carboxylic acids is 1. The lowest BCUT2D eigenvalue weighted by molar-refractivity contribution is -0.134. The van der Waals surface area contributed by atoms with Crippen LogP contribution in [0.1, 0.15) is 39.0 Å². The smallest absolute Gasteiger partial charge is 0.150 e. The molecule has 0 saturated heterocycles. The number of ketones is 1. The van der Waals surface area contributed by atoms with Crippen LogP contribution in [0.4, 0.5) is 0 Å². The van der Waals surface area contributed by atoms with Crippen LogP contribution >= 0.6 is 0 Å². The molecule has 0 unspecified atom stereocenters. The van der Waals surface area contributed by atoms with Gasteiger partial charge in [-0.15, -0.1) is 0 Å². The van der Waals surface area contributed by atoms with E-state index in [4.69, 9.17) is 0 Å². The minimum atomic E-state index is 0.423. The van der Waals surface area contributed by atoms with Crippen molar-refractivity contribution >= 4 is 5.78 Å². The topological polar surface area (TPSA) is 29.1 Å². The SMILES string of the molecule is CCNCC(=O)C1C2CC3CC(C2)CC1C3. The van der Waals surface area contributed by atoms with Crippen LogP contribution in [0.5, 0.6) is 0 Å². The second-order valence-electron chi connectivity index (χ2n) is 6.20. The van der Waals surface area contributed by atoms with Crippen LogP contribution in [0, 0.1) is 29.6 Å². The Hall–Kier alpha value is -0.370. The number of nitrogens with one attached hydrogen (secondary N) is 1. The monoisotopic (exact) mass is 221 g/mol. The van der Waals surface area contributed by atoms with Crippen molar-refractivity contribution in [3.8, 4) is 0 Å². The molecule has 16 heavy (non-hydrogen) atoms. The Morgan fingerprint density at radius 3 is 2.12 bits per heavy atom. The number of carbonyl (C=O) groups is 1. The molecule has 4 aliphatic carbocycles. The first-order valence-electron chi connectivity index (χ1n) is 7.01. The van der Waals surface area contributed by atoms with Crippen molar-refractivity contribution in [3.63, 3.8) is 0 Å². The highest BCUT2D eigenvalue weighted by Gasteiger charge is 2.50. The summed E-state index contributed by atoms with van der Waals surface area (Å²) < 4.78 is 0. The largest absolute Gasteiger partial charge is 0.310 e. The van der Waals surface area contributed by atoms with E-state index >= 15 is 0 Å². The van der Waals surface area contributed by atoms with Gasteiger partial charge in [-0.05, 0) is 62.3 Å². The molecule has 0 heterocycles. The number of likely N-dealkylation sites (N-methyl/N-ethyl adjacent to an activating group) is 1. The standard InChI is InChI=1S/C14H23NO/c1-2-15-8-13(16)14-11-4-9-3-10(6-11)7-12(14)5-9/h9-12,14-15H,2-8H2,1H3. The molecule has 4 bridgehead atoms. The fraction of sp³-hybridized carbons (Fsp3) is 0.929. The predicted octanol–water partition coefficient (Wildman–Crippen LogP) is 2.24. The first kappa shape index (κ1) is 10.8. The summed E-state index contributed by atoms with van der Waals surface area (Å²) in [6.45, 7) is 3.60. The molecule has 4 rings (SSSR count). The van der Waals surface area contributed by atoms with Crippen LogP contribution < -0.4 is 5.32 Å². The van der Waals surface area contributed by atoms with Gasteiger partial charge in [0, 0.05) is 5.92 Å². The molecule has 0 aromatic heterocycles. The van der Waals surface area contributed by atoms with Crippen molar-refractivity contribution in [2.24, 2.45) is 29.6 Å². The third-order valence-corrected chi connectivity index (χ3v) is 5.15. The number of rotatable bonds is 4. The number of hydrogen-bond donors (Lipinski definition) is 1. The van der Waals surface area contributed by atoms with E-state index in [2.05, 4.69) is 12.2 Å². The molecule has 90 valence electrons. The highest BCUT2D eigenvalue weighted by molar-refractivity contribution is 5.83. The molecule has 0 aromatic rings. The molecule has 0 spiro atoms. The maximum Gasteiger partial charge on any atom is 0.150 e.